The van der Waals surface area contributed by atoms with E-state index >= 15 is 0 Å². The first-order valence-electron chi connectivity index (χ1n) is 9.67. The van der Waals surface area contributed by atoms with E-state index in [1.165, 1.54) is 0 Å². The van der Waals surface area contributed by atoms with Crippen molar-refractivity contribution in [2.75, 3.05) is 32.6 Å². The third-order valence-corrected chi connectivity index (χ3v) is 4.36. The molecule has 0 aliphatic carbocycles. The predicted octanol–water partition coefficient (Wildman–Crippen LogP) is 3.14. The van der Waals surface area contributed by atoms with Gasteiger partial charge < -0.3 is 19.9 Å². The fourth-order valence-electron chi connectivity index (χ4n) is 2.85. The number of unbranched alkanes of at least 4 members (excludes halogenated alkanes) is 1. The van der Waals surface area contributed by atoms with E-state index in [1.54, 1.807) is 12.3 Å². The fraction of sp³-hybridized carbons (Fsp3) is 0.450. The molecule has 1 amide bonds. The minimum atomic E-state index is -0.246. The van der Waals surface area contributed by atoms with Crippen LogP contribution in [-0.4, -0.2) is 57.8 Å². The van der Waals surface area contributed by atoms with E-state index < -0.39 is 0 Å². The van der Waals surface area contributed by atoms with Crippen molar-refractivity contribution < 1.29 is 9.53 Å². The lowest BCUT2D eigenvalue weighted by Gasteiger charge is -2.10. The van der Waals surface area contributed by atoms with E-state index in [2.05, 4.69) is 32.2 Å². The Balaban J connectivity index is 1.67. The van der Waals surface area contributed by atoms with Crippen LogP contribution in [0.25, 0.3) is 11.0 Å². The molecule has 0 aliphatic rings. The molecule has 3 rings (SSSR count). The third kappa shape index (κ3) is 5.10. The molecule has 0 saturated heterocycles. The summed E-state index contributed by atoms with van der Waals surface area (Å²) in [7, 11) is 4.06. The highest BCUT2D eigenvalue weighted by Crippen LogP contribution is 2.21. The molecule has 0 unspecified atom stereocenters. The number of hydrogen-bond acceptors (Lipinski definition) is 5. The Kier molecular flexibility index (Phi) is 6.65. The summed E-state index contributed by atoms with van der Waals surface area (Å²) in [6.45, 7) is 4.51. The standard InChI is InChI=1S/C20H28N6O2/c1-4-5-11-26-12-9-17(24-26)22-20(27)15-14-21-16-7-8-18(23-19(15)16)28-13-6-10-25(2)3/h7-9,12,14,21H,4-6,10-11,13H2,1-3H3,(H,22,24,27). The Morgan fingerprint density at radius 1 is 1.29 bits per heavy atom. The van der Waals surface area contributed by atoms with Gasteiger partial charge in [-0.2, -0.15) is 5.10 Å². The predicted molar refractivity (Wildman–Crippen MR) is 110 cm³/mol. The zero-order valence-corrected chi connectivity index (χ0v) is 16.7. The Morgan fingerprint density at radius 3 is 2.93 bits per heavy atom. The van der Waals surface area contributed by atoms with Crippen LogP contribution in [0.1, 0.15) is 36.5 Å². The van der Waals surface area contributed by atoms with Crippen molar-refractivity contribution in [3.63, 3.8) is 0 Å². The summed E-state index contributed by atoms with van der Waals surface area (Å²) >= 11 is 0. The van der Waals surface area contributed by atoms with Crippen LogP contribution in [0.4, 0.5) is 5.82 Å². The first-order valence-corrected chi connectivity index (χ1v) is 9.67. The maximum atomic E-state index is 12.7. The number of H-pyrrole nitrogens is 1. The van der Waals surface area contributed by atoms with Crippen LogP contribution < -0.4 is 10.1 Å². The molecule has 3 heterocycles. The molecule has 0 atom stereocenters. The van der Waals surface area contributed by atoms with Gasteiger partial charge in [-0.25, -0.2) is 4.98 Å². The summed E-state index contributed by atoms with van der Waals surface area (Å²) in [6.07, 6.45) is 6.60. The van der Waals surface area contributed by atoms with Crippen LogP contribution in [0.15, 0.2) is 30.6 Å². The van der Waals surface area contributed by atoms with E-state index in [0.717, 1.165) is 37.9 Å². The molecule has 8 heteroatoms. The second kappa shape index (κ2) is 9.36. The second-order valence-electron chi connectivity index (χ2n) is 7.03. The van der Waals surface area contributed by atoms with Crippen LogP contribution in [0.3, 0.4) is 0 Å². The molecule has 150 valence electrons. The average Bonchev–Trinajstić information content (AvgIpc) is 3.29. The number of ether oxygens (including phenoxy) is 1. The lowest BCUT2D eigenvalue weighted by Crippen LogP contribution is -2.15. The van der Waals surface area contributed by atoms with Gasteiger partial charge in [-0.15, -0.1) is 0 Å². The molecular formula is C20H28N6O2. The summed E-state index contributed by atoms with van der Waals surface area (Å²) in [5, 5.41) is 7.23. The normalized spacial score (nSPS) is 11.3. The highest BCUT2D eigenvalue weighted by atomic mass is 16.5. The van der Waals surface area contributed by atoms with Crippen LogP contribution in [0, 0.1) is 0 Å². The Hall–Kier alpha value is -2.87. The number of rotatable bonds is 10. The monoisotopic (exact) mass is 384 g/mol. The van der Waals surface area contributed by atoms with Gasteiger partial charge in [0, 0.05) is 37.6 Å². The van der Waals surface area contributed by atoms with Crippen LogP contribution in [0.2, 0.25) is 0 Å². The van der Waals surface area contributed by atoms with Crippen molar-refractivity contribution in [2.45, 2.75) is 32.7 Å². The molecule has 0 aliphatic heterocycles. The molecule has 3 aromatic heterocycles. The minimum Gasteiger partial charge on any atom is -0.478 e. The van der Waals surface area contributed by atoms with Gasteiger partial charge in [-0.3, -0.25) is 9.48 Å². The molecule has 3 aromatic rings. The van der Waals surface area contributed by atoms with Crippen LogP contribution >= 0.6 is 0 Å². The molecule has 0 bridgehead atoms. The van der Waals surface area contributed by atoms with E-state index in [1.807, 2.05) is 37.1 Å². The van der Waals surface area contributed by atoms with Gasteiger partial charge in [0.15, 0.2) is 5.82 Å². The third-order valence-electron chi connectivity index (χ3n) is 4.36. The lowest BCUT2D eigenvalue weighted by molar-refractivity contribution is 0.102. The first kappa shape index (κ1) is 19.9. The maximum Gasteiger partial charge on any atom is 0.260 e. The van der Waals surface area contributed by atoms with Crippen LogP contribution in [0.5, 0.6) is 5.88 Å². The fourth-order valence-corrected chi connectivity index (χ4v) is 2.85. The summed E-state index contributed by atoms with van der Waals surface area (Å²) in [6, 6.07) is 5.49. The number of carbonyl (C=O) groups is 1. The number of aryl methyl sites for hydroxylation is 1. The number of nitrogens with one attached hydrogen (secondary N) is 2. The molecule has 0 fully saturated rings. The summed E-state index contributed by atoms with van der Waals surface area (Å²) in [5.74, 6) is 0.805. The Morgan fingerprint density at radius 2 is 2.14 bits per heavy atom. The van der Waals surface area contributed by atoms with Crippen molar-refractivity contribution >= 4 is 22.8 Å². The van der Waals surface area contributed by atoms with Crippen molar-refractivity contribution in [3.05, 3.63) is 36.2 Å². The van der Waals surface area contributed by atoms with Gasteiger partial charge in [0.1, 0.15) is 5.52 Å². The molecular weight excluding hydrogens is 356 g/mol. The molecule has 0 saturated carbocycles. The number of carbonyl (C=O) groups excluding carboxylic acids is 1. The lowest BCUT2D eigenvalue weighted by atomic mass is 10.2. The van der Waals surface area contributed by atoms with E-state index in [4.69, 9.17) is 4.74 Å². The Labute approximate surface area is 164 Å². The van der Waals surface area contributed by atoms with Gasteiger partial charge in [-0.05, 0) is 33.0 Å². The van der Waals surface area contributed by atoms with E-state index in [9.17, 15) is 4.79 Å². The van der Waals surface area contributed by atoms with Gasteiger partial charge in [0.25, 0.3) is 5.91 Å². The van der Waals surface area contributed by atoms with Crippen molar-refractivity contribution in [3.8, 4) is 5.88 Å². The molecule has 0 aromatic carbocycles. The smallest absolute Gasteiger partial charge is 0.260 e. The summed E-state index contributed by atoms with van der Waals surface area (Å²) in [5.41, 5.74) is 1.85. The number of anilines is 1. The average molecular weight is 384 g/mol. The van der Waals surface area contributed by atoms with E-state index in [-0.39, 0.29) is 5.91 Å². The SMILES string of the molecule is CCCCn1ccc(NC(=O)c2c[nH]c3ccc(OCCCN(C)C)nc23)n1. The summed E-state index contributed by atoms with van der Waals surface area (Å²) in [4.78, 5) is 22.4. The van der Waals surface area contributed by atoms with Crippen LogP contribution in [-0.2, 0) is 6.54 Å². The molecule has 2 N–H and O–H groups in total. The van der Waals surface area contributed by atoms with Gasteiger partial charge in [0.2, 0.25) is 5.88 Å². The number of nitrogens with zero attached hydrogens (tertiary/aromatic N) is 4. The number of pyridine rings is 1. The van der Waals surface area contributed by atoms with Crippen molar-refractivity contribution in [2.24, 2.45) is 0 Å². The Bertz CT molecular complexity index is 914. The number of amides is 1. The second-order valence-corrected chi connectivity index (χ2v) is 7.03. The minimum absolute atomic E-state index is 0.246. The van der Waals surface area contributed by atoms with Gasteiger partial charge in [0.05, 0.1) is 17.7 Å². The zero-order valence-electron chi connectivity index (χ0n) is 16.7. The quantitative estimate of drug-likeness (QED) is 0.524. The summed E-state index contributed by atoms with van der Waals surface area (Å²) < 4.78 is 7.57. The maximum absolute atomic E-state index is 12.7. The number of hydrogen-bond donors (Lipinski definition) is 2. The zero-order chi connectivity index (χ0) is 19.9. The molecule has 28 heavy (non-hydrogen) atoms. The molecule has 0 radical (unpaired) electrons. The highest BCUT2D eigenvalue weighted by Gasteiger charge is 2.15. The number of aromatic amines is 1. The first-order chi connectivity index (χ1) is 13.6. The number of aromatic nitrogens is 4. The van der Waals surface area contributed by atoms with Crippen molar-refractivity contribution in [1.82, 2.24) is 24.6 Å². The number of fused-ring (bicyclic) bond motifs is 1. The molecule has 8 nitrogen and oxygen atoms in total. The topological polar surface area (TPSA) is 88.1 Å². The van der Waals surface area contributed by atoms with Gasteiger partial charge >= 0.3 is 0 Å². The molecule has 0 spiro atoms. The highest BCUT2D eigenvalue weighted by molar-refractivity contribution is 6.11. The largest absolute Gasteiger partial charge is 0.478 e. The van der Waals surface area contributed by atoms with E-state index in [0.29, 0.717) is 29.4 Å². The van der Waals surface area contributed by atoms with Crippen molar-refractivity contribution in [1.29, 1.82) is 0 Å². The van der Waals surface area contributed by atoms with Gasteiger partial charge in [-0.1, -0.05) is 13.3 Å².